The van der Waals surface area contributed by atoms with E-state index in [9.17, 15) is 18.0 Å². The van der Waals surface area contributed by atoms with Crippen molar-refractivity contribution >= 4 is 44.8 Å². The van der Waals surface area contributed by atoms with E-state index in [2.05, 4.69) is 19.2 Å². The van der Waals surface area contributed by atoms with Gasteiger partial charge in [-0.2, -0.15) is 0 Å². The Morgan fingerprint density at radius 1 is 1.18 bits per heavy atom. The zero-order valence-corrected chi connectivity index (χ0v) is 17.3. The Balaban J connectivity index is 1.82. The summed E-state index contributed by atoms with van der Waals surface area (Å²) >= 11 is 6.22. The molecule has 6 nitrogen and oxygen atoms in total. The van der Waals surface area contributed by atoms with Crippen LogP contribution in [0, 0.1) is 5.92 Å². The van der Waals surface area contributed by atoms with Crippen LogP contribution in [0.15, 0.2) is 42.5 Å². The molecule has 1 heterocycles. The van der Waals surface area contributed by atoms with Gasteiger partial charge in [-0.1, -0.05) is 44.5 Å². The maximum absolute atomic E-state index is 12.5. The van der Waals surface area contributed by atoms with E-state index in [4.69, 9.17) is 11.6 Å². The van der Waals surface area contributed by atoms with E-state index in [1.807, 2.05) is 24.3 Å². The van der Waals surface area contributed by atoms with E-state index in [0.717, 1.165) is 9.87 Å². The van der Waals surface area contributed by atoms with Gasteiger partial charge in [-0.25, -0.2) is 12.7 Å². The van der Waals surface area contributed by atoms with E-state index >= 15 is 0 Å². The topological polar surface area (TPSA) is 83.6 Å². The third-order valence-electron chi connectivity index (χ3n) is 4.63. The number of carbonyl (C=O) groups excluding carboxylic acids is 2. The van der Waals surface area contributed by atoms with Crippen LogP contribution in [0.1, 0.15) is 42.6 Å². The van der Waals surface area contributed by atoms with Gasteiger partial charge in [0.1, 0.15) is 0 Å². The maximum atomic E-state index is 12.5. The minimum absolute atomic E-state index is 0.0661. The minimum Gasteiger partial charge on any atom is -0.322 e. The first-order valence-corrected chi connectivity index (χ1v) is 10.9. The van der Waals surface area contributed by atoms with Crippen molar-refractivity contribution in [2.75, 3.05) is 15.4 Å². The molecule has 0 saturated carbocycles. The summed E-state index contributed by atoms with van der Waals surface area (Å²) < 4.78 is 25.2. The molecule has 3 rings (SSSR count). The molecule has 1 aliphatic heterocycles. The molecule has 1 N–H and O–H groups in total. The Bertz CT molecular complexity index is 1030. The van der Waals surface area contributed by atoms with Crippen LogP contribution in [0.3, 0.4) is 0 Å². The highest BCUT2D eigenvalue weighted by Gasteiger charge is 2.42. The summed E-state index contributed by atoms with van der Waals surface area (Å²) in [4.78, 5) is 24.7. The summed E-state index contributed by atoms with van der Waals surface area (Å²) in [5.41, 5.74) is 2.11. The Morgan fingerprint density at radius 3 is 2.32 bits per heavy atom. The van der Waals surface area contributed by atoms with Crippen LogP contribution in [0.25, 0.3) is 0 Å². The van der Waals surface area contributed by atoms with Crippen molar-refractivity contribution in [1.29, 1.82) is 0 Å². The summed E-state index contributed by atoms with van der Waals surface area (Å²) in [6.07, 6.45) is 0. The summed E-state index contributed by atoms with van der Waals surface area (Å²) in [5.74, 6) is -1.38. The largest absolute Gasteiger partial charge is 0.322 e. The summed E-state index contributed by atoms with van der Waals surface area (Å²) in [6, 6.07) is 11.7. The zero-order chi connectivity index (χ0) is 20.6. The number of hydrogen-bond donors (Lipinski definition) is 1. The SMILES string of the molecule is CC(C)c1ccc(NC(=O)c2ccc(N3C(=O)[C@H](C)CS3(=O)=O)cc2Cl)cc1. The van der Waals surface area contributed by atoms with Crippen LogP contribution in [0.4, 0.5) is 11.4 Å². The van der Waals surface area contributed by atoms with Crippen LogP contribution < -0.4 is 9.62 Å². The van der Waals surface area contributed by atoms with Gasteiger partial charge in [-0.15, -0.1) is 0 Å². The van der Waals surface area contributed by atoms with E-state index < -0.39 is 27.8 Å². The molecule has 0 radical (unpaired) electrons. The highest BCUT2D eigenvalue weighted by atomic mass is 35.5. The maximum Gasteiger partial charge on any atom is 0.257 e. The molecule has 1 aliphatic rings. The molecule has 0 aromatic heterocycles. The van der Waals surface area contributed by atoms with Gasteiger partial charge in [-0.05, 0) is 41.8 Å². The predicted octanol–water partition coefficient (Wildman–Crippen LogP) is 4.03. The number of nitrogens with one attached hydrogen (secondary N) is 1. The molecular formula is C20H21ClN2O4S. The third-order valence-corrected chi connectivity index (χ3v) is 6.81. The molecule has 2 aromatic rings. The lowest BCUT2D eigenvalue weighted by Crippen LogP contribution is -2.30. The number of sulfonamides is 1. The third kappa shape index (κ3) is 3.91. The monoisotopic (exact) mass is 420 g/mol. The number of anilines is 2. The van der Waals surface area contributed by atoms with Crippen LogP contribution in [-0.4, -0.2) is 26.0 Å². The first-order valence-electron chi connectivity index (χ1n) is 8.88. The van der Waals surface area contributed by atoms with E-state index in [-0.39, 0.29) is 22.0 Å². The van der Waals surface area contributed by atoms with Crippen LogP contribution in [-0.2, 0) is 14.8 Å². The van der Waals surface area contributed by atoms with Crippen LogP contribution >= 0.6 is 11.6 Å². The number of rotatable bonds is 4. The molecule has 0 bridgehead atoms. The van der Waals surface area contributed by atoms with E-state index in [0.29, 0.717) is 11.6 Å². The number of halogens is 1. The fraction of sp³-hybridized carbons (Fsp3) is 0.300. The Labute approximate surface area is 169 Å². The predicted molar refractivity (Wildman–Crippen MR) is 110 cm³/mol. The van der Waals surface area contributed by atoms with Gasteiger partial charge in [0.15, 0.2) is 0 Å². The quantitative estimate of drug-likeness (QED) is 0.809. The highest BCUT2D eigenvalue weighted by Crippen LogP contribution is 2.31. The lowest BCUT2D eigenvalue weighted by molar-refractivity contribution is -0.119. The molecular weight excluding hydrogens is 400 g/mol. The van der Waals surface area contributed by atoms with Crippen molar-refractivity contribution in [3.63, 3.8) is 0 Å². The molecule has 0 aliphatic carbocycles. The van der Waals surface area contributed by atoms with Gasteiger partial charge in [0.2, 0.25) is 15.9 Å². The van der Waals surface area contributed by atoms with Crippen molar-refractivity contribution in [2.24, 2.45) is 5.92 Å². The van der Waals surface area contributed by atoms with Gasteiger partial charge in [0.25, 0.3) is 5.91 Å². The molecule has 2 amide bonds. The molecule has 1 atom stereocenters. The van der Waals surface area contributed by atoms with Crippen molar-refractivity contribution in [1.82, 2.24) is 0 Å². The molecule has 8 heteroatoms. The van der Waals surface area contributed by atoms with E-state index in [1.54, 1.807) is 6.92 Å². The Morgan fingerprint density at radius 2 is 1.82 bits per heavy atom. The summed E-state index contributed by atoms with van der Waals surface area (Å²) in [7, 11) is -3.72. The molecule has 0 spiro atoms. The number of nitrogens with zero attached hydrogens (tertiary/aromatic N) is 1. The zero-order valence-electron chi connectivity index (χ0n) is 15.8. The second-order valence-corrected chi connectivity index (χ2v) is 9.45. The standard InChI is InChI=1S/C20H21ClN2O4S/c1-12(2)14-4-6-15(7-5-14)22-19(24)17-9-8-16(10-18(17)21)23-20(25)13(3)11-28(23,26)27/h4-10,12-13H,11H2,1-3H3,(H,22,24)/t13-/m1/s1. The van der Waals surface area contributed by atoms with Gasteiger partial charge in [0, 0.05) is 5.69 Å². The molecule has 28 heavy (non-hydrogen) atoms. The molecule has 0 unspecified atom stereocenters. The number of benzene rings is 2. The van der Waals surface area contributed by atoms with Gasteiger partial charge >= 0.3 is 0 Å². The van der Waals surface area contributed by atoms with Gasteiger partial charge < -0.3 is 5.32 Å². The highest BCUT2D eigenvalue weighted by molar-refractivity contribution is 7.94. The van der Waals surface area contributed by atoms with Crippen LogP contribution in [0.2, 0.25) is 5.02 Å². The fourth-order valence-corrected chi connectivity index (χ4v) is 5.12. The van der Waals surface area contributed by atoms with Gasteiger partial charge in [-0.3, -0.25) is 9.59 Å². The molecule has 1 saturated heterocycles. The molecule has 2 aromatic carbocycles. The first-order chi connectivity index (χ1) is 13.1. The first kappa shape index (κ1) is 20.4. The fourth-order valence-electron chi connectivity index (χ4n) is 3.05. The summed E-state index contributed by atoms with van der Waals surface area (Å²) in [5, 5.41) is 2.83. The van der Waals surface area contributed by atoms with E-state index in [1.165, 1.54) is 18.2 Å². The second-order valence-electron chi connectivity index (χ2n) is 7.18. The Hall–Kier alpha value is -2.38. The van der Waals surface area contributed by atoms with Gasteiger partial charge in [0.05, 0.1) is 27.9 Å². The van der Waals surface area contributed by atoms with Crippen molar-refractivity contribution in [2.45, 2.75) is 26.7 Å². The van der Waals surface area contributed by atoms with Crippen LogP contribution in [0.5, 0.6) is 0 Å². The number of amides is 2. The van der Waals surface area contributed by atoms with Crippen molar-refractivity contribution in [3.8, 4) is 0 Å². The lowest BCUT2D eigenvalue weighted by atomic mass is 10.0. The van der Waals surface area contributed by atoms with Crippen molar-refractivity contribution in [3.05, 3.63) is 58.6 Å². The second kappa shape index (κ2) is 7.56. The molecule has 148 valence electrons. The molecule has 1 fully saturated rings. The Kier molecular flexibility index (Phi) is 5.50. The van der Waals surface area contributed by atoms with Crippen molar-refractivity contribution < 1.29 is 18.0 Å². The number of hydrogen-bond acceptors (Lipinski definition) is 4. The average Bonchev–Trinajstić information content (AvgIpc) is 2.82. The number of carbonyl (C=O) groups is 2. The average molecular weight is 421 g/mol. The smallest absolute Gasteiger partial charge is 0.257 e. The normalized spacial score (nSPS) is 18.5. The lowest BCUT2D eigenvalue weighted by Gasteiger charge is -2.16. The minimum atomic E-state index is -3.72. The summed E-state index contributed by atoms with van der Waals surface area (Å²) in [6.45, 7) is 5.73.